The maximum atomic E-state index is 12.1. The Hall–Kier alpha value is -3.46. The first-order valence-corrected chi connectivity index (χ1v) is 8.37. The number of nitriles is 1. The first-order valence-electron chi connectivity index (χ1n) is 8.37. The first-order chi connectivity index (χ1) is 12.6. The lowest BCUT2D eigenvalue weighted by Gasteiger charge is -2.11. The molecule has 0 bridgehead atoms. The van der Waals surface area contributed by atoms with E-state index in [0.29, 0.717) is 17.9 Å². The topological polar surface area (TPSA) is 105 Å². The van der Waals surface area contributed by atoms with Crippen molar-refractivity contribution in [2.45, 2.75) is 13.3 Å². The van der Waals surface area contributed by atoms with Crippen LogP contribution in [0.25, 0.3) is 21.9 Å². The zero-order chi connectivity index (χ0) is 18.3. The Morgan fingerprint density at radius 1 is 1.35 bits per heavy atom. The van der Waals surface area contributed by atoms with Crippen LogP contribution >= 0.6 is 0 Å². The molecule has 6 heteroatoms. The highest BCUT2D eigenvalue weighted by Gasteiger charge is 2.43. The molecule has 1 aliphatic carbocycles. The number of amides is 1. The number of aryl methyl sites for hydroxylation is 1. The van der Waals surface area contributed by atoms with Gasteiger partial charge in [0.2, 0.25) is 5.91 Å². The number of aromatic nitrogens is 2. The van der Waals surface area contributed by atoms with Gasteiger partial charge in [-0.05, 0) is 54.1 Å². The predicted octanol–water partition coefficient (Wildman–Crippen LogP) is 3.29. The number of carbonyl (C=O) groups excluding carboxylic acids is 1. The minimum absolute atomic E-state index is 0.157. The number of nitrogen functional groups attached to an aromatic ring is 1. The van der Waals surface area contributed by atoms with E-state index in [0.717, 1.165) is 27.5 Å². The van der Waals surface area contributed by atoms with Crippen LogP contribution < -0.4 is 11.1 Å². The fraction of sp³-hybridized carbons (Fsp3) is 0.200. The molecule has 2 heterocycles. The van der Waals surface area contributed by atoms with Gasteiger partial charge in [0, 0.05) is 35.2 Å². The van der Waals surface area contributed by atoms with Crippen molar-refractivity contribution in [2.24, 2.45) is 11.8 Å². The third kappa shape index (κ3) is 2.84. The van der Waals surface area contributed by atoms with Crippen LogP contribution in [0.5, 0.6) is 0 Å². The second-order valence-electron chi connectivity index (χ2n) is 6.61. The van der Waals surface area contributed by atoms with Crippen LogP contribution in [-0.2, 0) is 4.79 Å². The fourth-order valence-electron chi connectivity index (χ4n) is 3.12. The minimum Gasteiger partial charge on any atom is -0.398 e. The quantitative estimate of drug-likeness (QED) is 0.710. The van der Waals surface area contributed by atoms with Crippen molar-refractivity contribution in [1.29, 1.82) is 5.26 Å². The molecule has 2 aromatic heterocycles. The zero-order valence-corrected chi connectivity index (χ0v) is 14.2. The van der Waals surface area contributed by atoms with Gasteiger partial charge in [-0.25, -0.2) is 4.98 Å². The molecule has 3 aromatic rings. The van der Waals surface area contributed by atoms with Gasteiger partial charge in [-0.1, -0.05) is 0 Å². The van der Waals surface area contributed by atoms with E-state index in [1.54, 1.807) is 12.4 Å². The van der Waals surface area contributed by atoms with Crippen LogP contribution in [-0.4, -0.2) is 15.9 Å². The SMILES string of the molecule is Cc1ccncc1-c1cc(N)c2cnc(NC(=O)[C@@H]3CC3C#N)cc2c1. The van der Waals surface area contributed by atoms with Crippen LogP contribution in [0.3, 0.4) is 0 Å². The third-order valence-electron chi connectivity index (χ3n) is 4.76. The summed E-state index contributed by atoms with van der Waals surface area (Å²) in [6.07, 6.45) is 5.85. The van der Waals surface area contributed by atoms with Crippen molar-refractivity contribution in [3.05, 3.63) is 48.4 Å². The number of nitrogens with zero attached hydrogens (tertiary/aromatic N) is 3. The maximum Gasteiger partial charge on any atom is 0.230 e. The summed E-state index contributed by atoms with van der Waals surface area (Å²) in [5, 5.41) is 13.4. The summed E-state index contributed by atoms with van der Waals surface area (Å²) in [5.41, 5.74) is 9.92. The summed E-state index contributed by atoms with van der Waals surface area (Å²) in [6, 6.07) is 9.81. The highest BCUT2D eigenvalue weighted by atomic mass is 16.2. The standard InChI is InChI=1S/C20H17N5O/c1-11-2-3-23-9-16(11)12-4-13-7-19(24-10-17(13)18(22)6-12)25-20(26)15-5-14(15)8-21/h2-4,6-7,9-10,14-15H,5,22H2,1H3,(H,24,25,26)/t14?,15-/m1/s1. The summed E-state index contributed by atoms with van der Waals surface area (Å²) in [6.45, 7) is 2.02. The molecule has 1 aliphatic rings. The Balaban J connectivity index is 1.70. The van der Waals surface area contributed by atoms with Crippen molar-refractivity contribution in [3.8, 4) is 17.2 Å². The van der Waals surface area contributed by atoms with E-state index in [2.05, 4.69) is 21.4 Å². The highest BCUT2D eigenvalue weighted by Crippen LogP contribution is 2.38. The fourth-order valence-corrected chi connectivity index (χ4v) is 3.12. The van der Waals surface area contributed by atoms with E-state index in [-0.39, 0.29) is 17.7 Å². The lowest BCUT2D eigenvalue weighted by molar-refractivity contribution is -0.117. The summed E-state index contributed by atoms with van der Waals surface area (Å²) in [4.78, 5) is 20.6. The Labute approximate surface area is 150 Å². The molecule has 2 atom stereocenters. The van der Waals surface area contributed by atoms with Gasteiger partial charge in [-0.2, -0.15) is 5.26 Å². The number of anilines is 2. The second kappa shape index (κ2) is 6.12. The largest absolute Gasteiger partial charge is 0.398 e. The number of nitrogens with one attached hydrogen (secondary N) is 1. The number of fused-ring (bicyclic) bond motifs is 1. The van der Waals surface area contributed by atoms with E-state index < -0.39 is 0 Å². The monoisotopic (exact) mass is 343 g/mol. The van der Waals surface area contributed by atoms with Crippen LogP contribution in [0.15, 0.2) is 42.9 Å². The molecule has 0 aliphatic heterocycles. The van der Waals surface area contributed by atoms with Crippen molar-refractivity contribution in [2.75, 3.05) is 11.1 Å². The average molecular weight is 343 g/mol. The van der Waals surface area contributed by atoms with E-state index in [1.807, 2.05) is 37.4 Å². The number of carbonyl (C=O) groups is 1. The Bertz CT molecular complexity index is 1070. The number of rotatable bonds is 3. The third-order valence-corrected chi connectivity index (χ3v) is 4.76. The summed E-state index contributed by atoms with van der Waals surface area (Å²) >= 11 is 0. The van der Waals surface area contributed by atoms with Gasteiger partial charge in [0.05, 0.1) is 17.9 Å². The van der Waals surface area contributed by atoms with Gasteiger partial charge in [0.15, 0.2) is 0 Å². The van der Waals surface area contributed by atoms with Crippen LogP contribution in [0, 0.1) is 30.1 Å². The molecule has 6 nitrogen and oxygen atoms in total. The molecule has 1 saturated carbocycles. The number of hydrogen-bond acceptors (Lipinski definition) is 5. The van der Waals surface area contributed by atoms with Gasteiger partial charge in [0.1, 0.15) is 5.82 Å². The first kappa shape index (κ1) is 16.0. The molecule has 0 spiro atoms. The normalized spacial score (nSPS) is 18.3. The molecule has 26 heavy (non-hydrogen) atoms. The van der Waals surface area contributed by atoms with E-state index in [1.165, 1.54) is 0 Å². The Morgan fingerprint density at radius 3 is 2.92 bits per heavy atom. The van der Waals surface area contributed by atoms with Crippen molar-refractivity contribution in [3.63, 3.8) is 0 Å². The number of pyridine rings is 2. The predicted molar refractivity (Wildman–Crippen MR) is 100.0 cm³/mol. The molecule has 1 fully saturated rings. The van der Waals surface area contributed by atoms with Crippen molar-refractivity contribution in [1.82, 2.24) is 9.97 Å². The molecule has 1 unspecified atom stereocenters. The zero-order valence-electron chi connectivity index (χ0n) is 14.2. The van der Waals surface area contributed by atoms with Gasteiger partial charge in [-0.3, -0.25) is 9.78 Å². The van der Waals surface area contributed by atoms with E-state index in [4.69, 9.17) is 11.0 Å². The van der Waals surface area contributed by atoms with E-state index in [9.17, 15) is 4.79 Å². The summed E-state index contributed by atoms with van der Waals surface area (Å²) < 4.78 is 0. The molecule has 1 amide bonds. The van der Waals surface area contributed by atoms with Gasteiger partial charge >= 0.3 is 0 Å². The van der Waals surface area contributed by atoms with Crippen LogP contribution in [0.1, 0.15) is 12.0 Å². The second-order valence-corrected chi connectivity index (χ2v) is 6.61. The summed E-state index contributed by atoms with van der Waals surface area (Å²) in [5.74, 6) is -0.0978. The van der Waals surface area contributed by atoms with E-state index >= 15 is 0 Å². The molecular formula is C20H17N5O. The molecule has 1 aromatic carbocycles. The molecule has 0 saturated heterocycles. The average Bonchev–Trinajstić information content (AvgIpc) is 3.42. The Kier molecular flexibility index (Phi) is 3.77. The lowest BCUT2D eigenvalue weighted by Crippen LogP contribution is -2.15. The lowest BCUT2D eigenvalue weighted by atomic mass is 9.99. The van der Waals surface area contributed by atoms with Gasteiger partial charge in [-0.15, -0.1) is 0 Å². The Morgan fingerprint density at radius 2 is 2.19 bits per heavy atom. The van der Waals surface area contributed by atoms with Crippen LogP contribution in [0.2, 0.25) is 0 Å². The summed E-state index contributed by atoms with van der Waals surface area (Å²) in [7, 11) is 0. The molecule has 128 valence electrons. The number of hydrogen-bond donors (Lipinski definition) is 2. The van der Waals surface area contributed by atoms with Crippen molar-refractivity contribution >= 4 is 28.2 Å². The van der Waals surface area contributed by atoms with Crippen LogP contribution in [0.4, 0.5) is 11.5 Å². The molecular weight excluding hydrogens is 326 g/mol. The molecule has 4 rings (SSSR count). The minimum atomic E-state index is -0.230. The highest BCUT2D eigenvalue weighted by molar-refractivity contribution is 6.00. The van der Waals surface area contributed by atoms with Gasteiger partial charge in [0.25, 0.3) is 0 Å². The molecule has 3 N–H and O–H groups in total. The van der Waals surface area contributed by atoms with Gasteiger partial charge < -0.3 is 11.1 Å². The maximum absolute atomic E-state index is 12.1. The smallest absolute Gasteiger partial charge is 0.230 e. The number of benzene rings is 1. The van der Waals surface area contributed by atoms with Crippen molar-refractivity contribution < 1.29 is 4.79 Å². The molecule has 0 radical (unpaired) electrons. The number of nitrogens with two attached hydrogens (primary N) is 1.